The monoisotopic (exact) mass is 386 g/mol. The van der Waals surface area contributed by atoms with Crippen LogP contribution < -0.4 is 0 Å². The number of hydrogen-bond acceptors (Lipinski definition) is 1. The smallest absolute Gasteiger partial charge is 0.371 e. The molecular formula is C11H10F12O. The summed E-state index contributed by atoms with van der Waals surface area (Å²) >= 11 is 0. The van der Waals surface area contributed by atoms with Crippen molar-refractivity contribution in [3.05, 3.63) is 0 Å². The SMILES string of the molecule is FC(C(F)(F)F)C(F)(F)C1CCC(C(F)(F)C(F)C(F)(F)F)OC1. The van der Waals surface area contributed by atoms with Crippen LogP contribution in [-0.4, -0.2) is 49.3 Å². The van der Waals surface area contributed by atoms with E-state index in [4.69, 9.17) is 0 Å². The van der Waals surface area contributed by atoms with Gasteiger partial charge in [-0.25, -0.2) is 26.3 Å². The van der Waals surface area contributed by atoms with Gasteiger partial charge in [0.2, 0.25) is 0 Å². The van der Waals surface area contributed by atoms with E-state index < -0.39 is 68.0 Å². The Morgan fingerprint density at radius 1 is 0.667 bits per heavy atom. The van der Waals surface area contributed by atoms with Gasteiger partial charge in [-0.05, 0) is 12.8 Å². The number of alkyl halides is 12. The zero-order valence-electron chi connectivity index (χ0n) is 11.4. The molecule has 0 N–H and O–H groups in total. The third-order valence-electron chi connectivity index (χ3n) is 3.50. The predicted octanol–water partition coefficient (Wildman–Crippen LogP) is 4.85. The van der Waals surface area contributed by atoms with Crippen LogP contribution in [0.5, 0.6) is 0 Å². The normalized spacial score (nSPS) is 27.0. The van der Waals surface area contributed by atoms with Gasteiger partial charge < -0.3 is 4.74 Å². The van der Waals surface area contributed by atoms with E-state index >= 15 is 0 Å². The molecule has 1 rings (SSSR count). The molecule has 24 heavy (non-hydrogen) atoms. The summed E-state index contributed by atoms with van der Waals surface area (Å²) in [6.45, 7) is -1.58. The Hall–Kier alpha value is -0.880. The number of halogens is 12. The van der Waals surface area contributed by atoms with Crippen LogP contribution in [0.4, 0.5) is 52.7 Å². The fourth-order valence-electron chi connectivity index (χ4n) is 2.17. The average molecular weight is 386 g/mol. The summed E-state index contributed by atoms with van der Waals surface area (Å²) in [5.41, 5.74) is 0. The van der Waals surface area contributed by atoms with Gasteiger partial charge in [0.05, 0.1) is 6.61 Å². The molecule has 0 radical (unpaired) electrons. The molecule has 1 nitrogen and oxygen atoms in total. The molecule has 1 heterocycles. The summed E-state index contributed by atoms with van der Waals surface area (Å²) in [5.74, 6) is -12.7. The summed E-state index contributed by atoms with van der Waals surface area (Å²) < 4.78 is 155. The third-order valence-corrected chi connectivity index (χ3v) is 3.50. The summed E-state index contributed by atoms with van der Waals surface area (Å²) in [4.78, 5) is 0. The van der Waals surface area contributed by atoms with E-state index in [2.05, 4.69) is 4.74 Å². The first kappa shape index (κ1) is 21.2. The lowest BCUT2D eigenvalue weighted by molar-refractivity contribution is -0.295. The van der Waals surface area contributed by atoms with Crippen LogP contribution in [-0.2, 0) is 4.74 Å². The van der Waals surface area contributed by atoms with Gasteiger partial charge in [-0.1, -0.05) is 0 Å². The maximum atomic E-state index is 13.4. The molecule has 4 unspecified atom stereocenters. The molecule has 0 bridgehead atoms. The highest BCUT2D eigenvalue weighted by atomic mass is 19.4. The highest BCUT2D eigenvalue weighted by Gasteiger charge is 2.64. The molecule has 1 saturated heterocycles. The molecule has 0 aromatic rings. The number of rotatable bonds is 4. The van der Waals surface area contributed by atoms with Gasteiger partial charge in [0, 0.05) is 5.92 Å². The molecule has 144 valence electrons. The van der Waals surface area contributed by atoms with E-state index in [1.54, 1.807) is 0 Å². The summed E-state index contributed by atoms with van der Waals surface area (Å²) in [6, 6.07) is 0. The Kier molecular flexibility index (Phi) is 5.69. The predicted molar refractivity (Wildman–Crippen MR) is 54.3 cm³/mol. The van der Waals surface area contributed by atoms with Crippen molar-refractivity contribution in [3.63, 3.8) is 0 Å². The maximum Gasteiger partial charge on any atom is 0.425 e. The summed E-state index contributed by atoms with van der Waals surface area (Å²) in [6.07, 6.45) is -26.4. The lowest BCUT2D eigenvalue weighted by Crippen LogP contribution is -2.55. The van der Waals surface area contributed by atoms with E-state index in [9.17, 15) is 52.7 Å². The first-order valence-corrected chi connectivity index (χ1v) is 6.31. The minimum absolute atomic E-state index is 1.20. The third kappa shape index (κ3) is 4.20. The molecule has 0 saturated carbocycles. The number of hydrogen-bond donors (Lipinski definition) is 0. The molecule has 1 aliphatic rings. The molecule has 1 fully saturated rings. The van der Waals surface area contributed by atoms with Crippen molar-refractivity contribution in [2.45, 2.75) is 55.5 Å². The molecular weight excluding hydrogens is 376 g/mol. The van der Waals surface area contributed by atoms with Gasteiger partial charge in [0.1, 0.15) is 6.10 Å². The van der Waals surface area contributed by atoms with Crippen LogP contribution in [0.25, 0.3) is 0 Å². The molecule has 0 amide bonds. The van der Waals surface area contributed by atoms with E-state index in [-0.39, 0.29) is 0 Å². The molecule has 13 heteroatoms. The first-order chi connectivity index (χ1) is 10.5. The minimum atomic E-state index is -5.95. The zero-order valence-corrected chi connectivity index (χ0v) is 11.4. The Morgan fingerprint density at radius 2 is 1.08 bits per heavy atom. The Labute approximate surface area is 126 Å². The lowest BCUT2D eigenvalue weighted by Gasteiger charge is -2.38. The summed E-state index contributed by atoms with van der Waals surface area (Å²) in [5, 5.41) is 0. The van der Waals surface area contributed by atoms with E-state index in [0.717, 1.165) is 0 Å². The van der Waals surface area contributed by atoms with Crippen LogP contribution in [0.2, 0.25) is 0 Å². The van der Waals surface area contributed by atoms with Crippen LogP contribution in [0.15, 0.2) is 0 Å². The average Bonchev–Trinajstić information content (AvgIpc) is 2.43. The second-order valence-corrected chi connectivity index (χ2v) is 5.25. The van der Waals surface area contributed by atoms with Crippen molar-refractivity contribution in [1.82, 2.24) is 0 Å². The van der Waals surface area contributed by atoms with Gasteiger partial charge >= 0.3 is 18.3 Å². The van der Waals surface area contributed by atoms with Gasteiger partial charge in [-0.3, -0.25) is 0 Å². The standard InChI is InChI=1S/C11H10F12O/c12-6(10(18,19)20)8(14,15)4-1-2-5(24-3-4)9(16,17)7(13)11(21,22)23/h4-7H,1-3H2. The van der Waals surface area contributed by atoms with Gasteiger partial charge in [0.25, 0.3) is 18.3 Å². The van der Waals surface area contributed by atoms with E-state index in [1.165, 1.54) is 0 Å². The Morgan fingerprint density at radius 3 is 1.42 bits per heavy atom. The van der Waals surface area contributed by atoms with Gasteiger partial charge in [0.15, 0.2) is 0 Å². The van der Waals surface area contributed by atoms with E-state index in [0.29, 0.717) is 0 Å². The van der Waals surface area contributed by atoms with Crippen molar-refractivity contribution < 1.29 is 57.4 Å². The fourth-order valence-corrected chi connectivity index (χ4v) is 2.17. The second kappa shape index (κ2) is 6.45. The van der Waals surface area contributed by atoms with Gasteiger partial charge in [-0.2, -0.15) is 26.3 Å². The molecule has 0 aromatic carbocycles. The van der Waals surface area contributed by atoms with Crippen molar-refractivity contribution >= 4 is 0 Å². The van der Waals surface area contributed by atoms with Crippen molar-refractivity contribution in [2.75, 3.05) is 6.61 Å². The molecule has 0 spiro atoms. The van der Waals surface area contributed by atoms with E-state index in [1.807, 2.05) is 0 Å². The summed E-state index contributed by atoms with van der Waals surface area (Å²) in [7, 11) is 0. The first-order valence-electron chi connectivity index (χ1n) is 6.31. The molecule has 0 aromatic heterocycles. The Bertz CT molecular complexity index is 380. The highest BCUT2D eigenvalue weighted by Crippen LogP contribution is 2.46. The largest absolute Gasteiger partial charge is 0.425 e. The van der Waals surface area contributed by atoms with Crippen molar-refractivity contribution in [1.29, 1.82) is 0 Å². The molecule has 4 atom stereocenters. The molecule has 1 aliphatic heterocycles. The van der Waals surface area contributed by atoms with Gasteiger partial charge in [-0.15, -0.1) is 0 Å². The van der Waals surface area contributed by atoms with Crippen LogP contribution in [0.3, 0.4) is 0 Å². The molecule has 0 aliphatic carbocycles. The fraction of sp³-hybridized carbons (Fsp3) is 1.00. The van der Waals surface area contributed by atoms with Crippen LogP contribution in [0, 0.1) is 5.92 Å². The highest BCUT2D eigenvalue weighted by molar-refractivity contribution is 4.96. The zero-order chi connectivity index (χ0) is 19.1. The Balaban J connectivity index is 2.80. The number of ether oxygens (including phenoxy) is 1. The lowest BCUT2D eigenvalue weighted by atomic mass is 9.87. The minimum Gasteiger partial charge on any atom is -0.371 e. The maximum absolute atomic E-state index is 13.4. The topological polar surface area (TPSA) is 9.23 Å². The van der Waals surface area contributed by atoms with Crippen molar-refractivity contribution in [2.24, 2.45) is 5.92 Å². The quantitative estimate of drug-likeness (QED) is 0.628. The van der Waals surface area contributed by atoms with Crippen LogP contribution in [0.1, 0.15) is 12.8 Å². The van der Waals surface area contributed by atoms with Crippen LogP contribution >= 0.6 is 0 Å². The second-order valence-electron chi connectivity index (χ2n) is 5.25. The van der Waals surface area contributed by atoms with Crippen molar-refractivity contribution in [3.8, 4) is 0 Å².